The first-order valence-corrected chi connectivity index (χ1v) is 4.98. The first-order valence-electron chi connectivity index (χ1n) is 4.98. The second-order valence-corrected chi connectivity index (χ2v) is 3.12. The molecule has 0 fully saturated rings. The number of rotatable bonds is 3. The molecule has 0 saturated carbocycles. The number of nitrogens with zero attached hydrogens (tertiary/aromatic N) is 4. The van der Waals surface area contributed by atoms with Crippen LogP contribution in [0.3, 0.4) is 0 Å². The summed E-state index contributed by atoms with van der Waals surface area (Å²) in [6.45, 7) is 1.92. The van der Waals surface area contributed by atoms with Crippen LogP contribution < -0.4 is 0 Å². The van der Waals surface area contributed by atoms with Gasteiger partial charge in [0.15, 0.2) is 0 Å². The van der Waals surface area contributed by atoms with Crippen LogP contribution >= 0.6 is 0 Å². The first-order chi connectivity index (χ1) is 8.24. The number of carbonyl (C=O) groups is 1. The molecule has 0 radical (unpaired) electrons. The smallest absolute Gasteiger partial charge is 0.378 e. The molecule has 7 heteroatoms. The van der Waals surface area contributed by atoms with E-state index in [1.807, 2.05) is 0 Å². The Kier molecular flexibility index (Phi) is 2.99. The van der Waals surface area contributed by atoms with Crippen LogP contribution in [0.2, 0.25) is 0 Å². The monoisotopic (exact) mass is 234 g/mol. The molecule has 88 valence electrons. The van der Waals surface area contributed by atoms with Gasteiger partial charge >= 0.3 is 5.97 Å². The summed E-state index contributed by atoms with van der Waals surface area (Å²) >= 11 is 0. The topological polar surface area (TPSA) is 90.1 Å². The van der Waals surface area contributed by atoms with Gasteiger partial charge in [0.05, 0.1) is 6.61 Å². The van der Waals surface area contributed by atoms with E-state index in [9.17, 15) is 9.90 Å². The number of hydrogen-bond donors (Lipinski definition) is 1. The van der Waals surface area contributed by atoms with Crippen molar-refractivity contribution in [3.05, 3.63) is 30.1 Å². The van der Waals surface area contributed by atoms with Crippen LogP contribution in [-0.4, -0.2) is 37.9 Å². The van der Waals surface area contributed by atoms with Crippen LogP contribution in [-0.2, 0) is 4.74 Å². The molecule has 1 N–H and O–H groups in total. The van der Waals surface area contributed by atoms with Gasteiger partial charge in [-0.15, -0.1) is 5.10 Å². The molecule has 0 saturated heterocycles. The van der Waals surface area contributed by atoms with Gasteiger partial charge in [-0.05, 0) is 29.5 Å². The van der Waals surface area contributed by atoms with E-state index < -0.39 is 5.97 Å². The average Bonchev–Trinajstić information content (AvgIpc) is 2.79. The number of tetrazole rings is 1. The standard InChI is InChI=1S/C10H10N4O3/c1-2-17-10(16)9-11-12-13-14(9)7-5-3-4-6-8(7)15/h3-6,15H,2H2,1H3. The number of benzene rings is 1. The molecule has 1 aromatic carbocycles. The molecule has 0 unspecified atom stereocenters. The average molecular weight is 234 g/mol. The van der Waals surface area contributed by atoms with Crippen molar-refractivity contribution in [3.63, 3.8) is 0 Å². The van der Waals surface area contributed by atoms with Gasteiger partial charge < -0.3 is 9.84 Å². The fraction of sp³-hybridized carbons (Fsp3) is 0.200. The highest BCUT2D eigenvalue weighted by molar-refractivity contribution is 5.85. The highest BCUT2D eigenvalue weighted by atomic mass is 16.5. The van der Waals surface area contributed by atoms with Gasteiger partial charge in [0.2, 0.25) is 0 Å². The predicted molar refractivity (Wildman–Crippen MR) is 56.8 cm³/mol. The summed E-state index contributed by atoms with van der Waals surface area (Å²) in [5, 5.41) is 20.3. The fourth-order valence-electron chi connectivity index (χ4n) is 1.32. The number of para-hydroxylation sites is 2. The van der Waals surface area contributed by atoms with Crippen LogP contribution in [0.1, 0.15) is 17.5 Å². The van der Waals surface area contributed by atoms with Crippen molar-refractivity contribution < 1.29 is 14.6 Å². The Morgan fingerprint density at radius 2 is 2.24 bits per heavy atom. The number of aromatic nitrogens is 4. The third kappa shape index (κ3) is 2.07. The normalized spacial score (nSPS) is 10.2. The van der Waals surface area contributed by atoms with Crippen LogP contribution in [0.4, 0.5) is 0 Å². The largest absolute Gasteiger partial charge is 0.506 e. The number of ether oxygens (including phenoxy) is 1. The van der Waals surface area contributed by atoms with E-state index in [1.54, 1.807) is 25.1 Å². The lowest BCUT2D eigenvalue weighted by atomic mass is 10.3. The van der Waals surface area contributed by atoms with E-state index in [0.717, 1.165) is 4.68 Å². The van der Waals surface area contributed by atoms with E-state index in [0.29, 0.717) is 5.69 Å². The maximum Gasteiger partial charge on any atom is 0.378 e. The van der Waals surface area contributed by atoms with Gasteiger partial charge in [-0.25, -0.2) is 4.79 Å². The summed E-state index contributed by atoms with van der Waals surface area (Å²) in [4.78, 5) is 11.5. The van der Waals surface area contributed by atoms with Crippen molar-refractivity contribution in [1.29, 1.82) is 0 Å². The Balaban J connectivity index is 2.44. The van der Waals surface area contributed by atoms with Crippen molar-refractivity contribution in [2.75, 3.05) is 6.61 Å². The molecule has 2 aromatic rings. The molecule has 0 spiro atoms. The maximum atomic E-state index is 11.5. The number of carbonyl (C=O) groups excluding carboxylic acids is 1. The second-order valence-electron chi connectivity index (χ2n) is 3.12. The van der Waals surface area contributed by atoms with Crippen molar-refractivity contribution in [2.24, 2.45) is 0 Å². The van der Waals surface area contributed by atoms with Crippen LogP contribution in [0.15, 0.2) is 24.3 Å². The zero-order valence-electron chi connectivity index (χ0n) is 9.07. The zero-order chi connectivity index (χ0) is 12.3. The highest BCUT2D eigenvalue weighted by Crippen LogP contribution is 2.20. The third-order valence-corrected chi connectivity index (χ3v) is 2.04. The highest BCUT2D eigenvalue weighted by Gasteiger charge is 2.19. The number of aromatic hydroxyl groups is 1. The maximum absolute atomic E-state index is 11.5. The molecule has 0 aliphatic carbocycles. The minimum absolute atomic E-state index is 0.0228. The van der Waals surface area contributed by atoms with E-state index in [1.165, 1.54) is 6.07 Å². The summed E-state index contributed by atoms with van der Waals surface area (Å²) in [7, 11) is 0. The number of hydrogen-bond acceptors (Lipinski definition) is 6. The Morgan fingerprint density at radius 3 is 2.94 bits per heavy atom. The van der Waals surface area contributed by atoms with E-state index >= 15 is 0 Å². The van der Waals surface area contributed by atoms with E-state index in [4.69, 9.17) is 4.74 Å². The number of phenolic OH excluding ortho intramolecular Hbond substituents is 1. The van der Waals surface area contributed by atoms with Crippen molar-refractivity contribution >= 4 is 5.97 Å². The number of esters is 1. The summed E-state index contributed by atoms with van der Waals surface area (Å²) in [5.41, 5.74) is 0.320. The molecule has 1 heterocycles. The van der Waals surface area contributed by atoms with Gasteiger partial charge in [-0.2, -0.15) is 4.68 Å². The summed E-state index contributed by atoms with van der Waals surface area (Å²) in [6, 6.07) is 6.43. The molecule has 0 aliphatic heterocycles. The Hall–Kier alpha value is -2.44. The van der Waals surface area contributed by atoms with Crippen LogP contribution in [0, 0.1) is 0 Å². The zero-order valence-corrected chi connectivity index (χ0v) is 9.07. The lowest BCUT2D eigenvalue weighted by molar-refractivity contribution is 0.0508. The lowest BCUT2D eigenvalue weighted by Crippen LogP contribution is -2.13. The van der Waals surface area contributed by atoms with Crippen molar-refractivity contribution in [3.8, 4) is 11.4 Å². The van der Waals surface area contributed by atoms with Gasteiger partial charge in [-0.1, -0.05) is 12.1 Å². The molecular formula is C10H10N4O3. The Labute approximate surface area is 96.6 Å². The molecular weight excluding hydrogens is 224 g/mol. The Bertz CT molecular complexity index is 538. The Morgan fingerprint density at radius 1 is 1.47 bits per heavy atom. The molecule has 0 aliphatic rings. The van der Waals surface area contributed by atoms with Crippen LogP contribution in [0.5, 0.6) is 5.75 Å². The van der Waals surface area contributed by atoms with Crippen molar-refractivity contribution in [2.45, 2.75) is 6.92 Å². The van der Waals surface area contributed by atoms with Crippen LogP contribution in [0.25, 0.3) is 5.69 Å². The van der Waals surface area contributed by atoms with Gasteiger partial charge in [0.1, 0.15) is 11.4 Å². The molecule has 0 atom stereocenters. The molecule has 7 nitrogen and oxygen atoms in total. The minimum Gasteiger partial charge on any atom is -0.506 e. The molecule has 2 rings (SSSR count). The number of phenols is 1. The van der Waals surface area contributed by atoms with E-state index in [2.05, 4.69) is 15.5 Å². The van der Waals surface area contributed by atoms with Gasteiger partial charge in [-0.3, -0.25) is 0 Å². The van der Waals surface area contributed by atoms with Gasteiger partial charge in [0, 0.05) is 0 Å². The lowest BCUT2D eigenvalue weighted by Gasteiger charge is -2.05. The predicted octanol–water partition coefficient (Wildman–Crippen LogP) is 0.545. The SMILES string of the molecule is CCOC(=O)c1nnnn1-c1ccccc1O. The second kappa shape index (κ2) is 4.60. The van der Waals surface area contributed by atoms with Crippen molar-refractivity contribution in [1.82, 2.24) is 20.2 Å². The third-order valence-electron chi connectivity index (χ3n) is 2.04. The minimum atomic E-state index is -0.638. The molecule has 17 heavy (non-hydrogen) atoms. The van der Waals surface area contributed by atoms with E-state index in [-0.39, 0.29) is 18.2 Å². The van der Waals surface area contributed by atoms with Gasteiger partial charge in [0.25, 0.3) is 5.82 Å². The fourth-order valence-corrected chi connectivity index (χ4v) is 1.32. The summed E-state index contributed by atoms with van der Waals surface area (Å²) < 4.78 is 5.94. The first kappa shape index (κ1) is 11.1. The summed E-state index contributed by atoms with van der Waals surface area (Å²) in [5.74, 6) is -0.737. The molecule has 0 bridgehead atoms. The quantitative estimate of drug-likeness (QED) is 0.780. The molecule has 1 aromatic heterocycles. The summed E-state index contributed by atoms with van der Waals surface area (Å²) in [6.07, 6.45) is 0. The molecule has 0 amide bonds.